The van der Waals surface area contributed by atoms with Crippen LogP contribution >= 0.6 is 12.4 Å². The summed E-state index contributed by atoms with van der Waals surface area (Å²) in [7, 11) is 1.59. The highest BCUT2D eigenvalue weighted by atomic mass is 35.5. The molecular formula is C14H14ClN3O2S. The molecule has 2 aromatic heterocycles. The van der Waals surface area contributed by atoms with Crippen LogP contribution in [0.15, 0.2) is 41.4 Å². The fraction of sp³-hybridized carbons (Fsp3) is 0.143. The second kappa shape index (κ2) is 6.34. The number of fused-ring (bicyclic) bond motifs is 1. The molecule has 0 amide bonds. The number of imidazole rings is 1. The van der Waals surface area contributed by atoms with Crippen LogP contribution in [0.5, 0.6) is 5.75 Å². The summed E-state index contributed by atoms with van der Waals surface area (Å²) in [5.74, 6) is 1.32. The van der Waals surface area contributed by atoms with Gasteiger partial charge in [-0.15, -0.1) is 12.4 Å². The third-order valence-corrected chi connectivity index (χ3v) is 3.94. The monoisotopic (exact) mass is 323 g/mol. The Morgan fingerprint density at radius 2 is 2.10 bits per heavy atom. The van der Waals surface area contributed by atoms with Crippen LogP contribution in [0.3, 0.4) is 0 Å². The number of hydrogen-bond donors (Lipinski definition) is 1. The Morgan fingerprint density at radius 1 is 1.29 bits per heavy atom. The Hall–Kier alpha value is -1.76. The summed E-state index contributed by atoms with van der Waals surface area (Å²) in [6.45, 7) is 0. The molecule has 0 spiro atoms. The van der Waals surface area contributed by atoms with Crippen molar-refractivity contribution in [1.29, 1.82) is 0 Å². The normalized spacial score (nSPS) is 12.0. The van der Waals surface area contributed by atoms with Gasteiger partial charge in [-0.1, -0.05) is 0 Å². The first-order chi connectivity index (χ1) is 9.69. The molecule has 0 aliphatic rings. The van der Waals surface area contributed by atoms with E-state index in [-0.39, 0.29) is 12.4 Å². The minimum absolute atomic E-state index is 0. The SMILES string of the molecule is COc1cc([S+](C)[O-])ccc1-c1nc2ncccc2[nH]1.Cl. The number of benzene rings is 1. The Bertz CT molecular complexity index is 728. The highest BCUT2D eigenvalue weighted by Crippen LogP contribution is 2.31. The molecule has 7 heteroatoms. The summed E-state index contributed by atoms with van der Waals surface area (Å²) in [4.78, 5) is 12.6. The first-order valence-electron chi connectivity index (χ1n) is 6.01. The number of nitrogens with one attached hydrogen (secondary N) is 1. The summed E-state index contributed by atoms with van der Waals surface area (Å²) in [5.41, 5.74) is 2.35. The average molecular weight is 324 g/mol. The van der Waals surface area contributed by atoms with Crippen LogP contribution in [0.4, 0.5) is 0 Å². The van der Waals surface area contributed by atoms with E-state index >= 15 is 0 Å². The predicted molar refractivity (Wildman–Crippen MR) is 85.5 cm³/mol. The number of aromatic nitrogens is 3. The van der Waals surface area contributed by atoms with Gasteiger partial charge in [0.1, 0.15) is 17.8 Å². The van der Waals surface area contributed by atoms with Gasteiger partial charge < -0.3 is 14.3 Å². The van der Waals surface area contributed by atoms with Crippen molar-refractivity contribution in [2.24, 2.45) is 0 Å². The van der Waals surface area contributed by atoms with Crippen molar-refractivity contribution in [2.45, 2.75) is 4.90 Å². The molecule has 1 N–H and O–H groups in total. The van der Waals surface area contributed by atoms with E-state index in [0.717, 1.165) is 16.0 Å². The molecule has 0 bridgehead atoms. The molecule has 1 atom stereocenters. The van der Waals surface area contributed by atoms with Gasteiger partial charge in [0.05, 0.1) is 18.2 Å². The molecule has 0 saturated heterocycles. The second-order valence-corrected chi connectivity index (χ2v) is 5.66. The lowest BCUT2D eigenvalue weighted by Gasteiger charge is -2.09. The van der Waals surface area contributed by atoms with Crippen molar-refractivity contribution in [1.82, 2.24) is 15.0 Å². The Morgan fingerprint density at radius 3 is 2.76 bits per heavy atom. The lowest BCUT2D eigenvalue weighted by atomic mass is 10.2. The summed E-state index contributed by atoms with van der Waals surface area (Å²) in [6, 6.07) is 9.21. The number of H-pyrrole nitrogens is 1. The first-order valence-corrected chi connectivity index (χ1v) is 7.57. The molecule has 1 unspecified atom stereocenters. The van der Waals surface area contributed by atoms with Crippen molar-refractivity contribution in [3.05, 3.63) is 36.5 Å². The Kier molecular flexibility index (Phi) is 4.72. The maximum absolute atomic E-state index is 11.5. The zero-order valence-corrected chi connectivity index (χ0v) is 13.1. The highest BCUT2D eigenvalue weighted by molar-refractivity contribution is 7.90. The van der Waals surface area contributed by atoms with Crippen LogP contribution in [0.25, 0.3) is 22.6 Å². The summed E-state index contributed by atoms with van der Waals surface area (Å²) >= 11 is -1.04. The summed E-state index contributed by atoms with van der Waals surface area (Å²) in [5, 5.41) is 0. The number of methoxy groups -OCH3 is 1. The van der Waals surface area contributed by atoms with Crippen LogP contribution < -0.4 is 4.74 Å². The van der Waals surface area contributed by atoms with E-state index < -0.39 is 11.2 Å². The van der Waals surface area contributed by atoms with Crippen LogP contribution in [0.2, 0.25) is 0 Å². The van der Waals surface area contributed by atoms with E-state index in [1.807, 2.05) is 24.3 Å². The standard InChI is InChI=1S/C14H13N3O2S.ClH/c1-19-12-8-9(20(2)18)5-6-10(12)13-16-11-4-3-7-15-14(11)17-13;/h3-8H,1-2H3,(H,15,16,17);1H. The maximum Gasteiger partial charge on any atom is 0.178 e. The van der Waals surface area contributed by atoms with Crippen LogP contribution in [-0.2, 0) is 11.2 Å². The van der Waals surface area contributed by atoms with Gasteiger partial charge in [0.2, 0.25) is 0 Å². The van der Waals surface area contributed by atoms with Crippen molar-refractivity contribution >= 4 is 34.7 Å². The molecule has 3 aromatic rings. The zero-order valence-electron chi connectivity index (χ0n) is 11.5. The smallest absolute Gasteiger partial charge is 0.178 e. The van der Waals surface area contributed by atoms with Gasteiger partial charge in [0.15, 0.2) is 10.5 Å². The lowest BCUT2D eigenvalue weighted by molar-refractivity contribution is 0.415. The molecule has 0 radical (unpaired) electrons. The number of aromatic amines is 1. The van der Waals surface area contributed by atoms with Crippen molar-refractivity contribution < 1.29 is 9.29 Å². The number of hydrogen-bond acceptors (Lipinski definition) is 4. The zero-order chi connectivity index (χ0) is 14.1. The van der Waals surface area contributed by atoms with Gasteiger partial charge in [0, 0.05) is 12.3 Å². The molecular weight excluding hydrogens is 310 g/mol. The molecule has 5 nitrogen and oxygen atoms in total. The number of rotatable bonds is 3. The lowest BCUT2D eigenvalue weighted by Crippen LogP contribution is -1.99. The van der Waals surface area contributed by atoms with E-state index in [2.05, 4.69) is 15.0 Å². The third-order valence-electron chi connectivity index (χ3n) is 3.02. The third kappa shape index (κ3) is 2.97. The fourth-order valence-corrected chi connectivity index (χ4v) is 2.55. The fourth-order valence-electron chi connectivity index (χ4n) is 2.02. The molecule has 0 aliphatic heterocycles. The van der Waals surface area contributed by atoms with Crippen LogP contribution in [0.1, 0.15) is 0 Å². The van der Waals surface area contributed by atoms with Gasteiger partial charge in [-0.3, -0.25) is 0 Å². The van der Waals surface area contributed by atoms with Crippen LogP contribution in [0, 0.1) is 0 Å². The molecule has 21 heavy (non-hydrogen) atoms. The minimum atomic E-state index is -1.04. The number of pyridine rings is 1. The molecule has 3 rings (SSSR count). The van der Waals surface area contributed by atoms with Gasteiger partial charge in [-0.25, -0.2) is 9.97 Å². The molecule has 2 heterocycles. The first kappa shape index (κ1) is 15.6. The number of nitrogens with zero attached hydrogens (tertiary/aromatic N) is 2. The van der Waals surface area contributed by atoms with Gasteiger partial charge in [0.25, 0.3) is 0 Å². The van der Waals surface area contributed by atoms with E-state index in [1.54, 1.807) is 25.6 Å². The van der Waals surface area contributed by atoms with E-state index in [0.29, 0.717) is 17.2 Å². The highest BCUT2D eigenvalue weighted by Gasteiger charge is 2.14. The van der Waals surface area contributed by atoms with E-state index in [9.17, 15) is 4.55 Å². The molecule has 0 aliphatic carbocycles. The minimum Gasteiger partial charge on any atom is -0.612 e. The molecule has 110 valence electrons. The number of halogens is 1. The van der Waals surface area contributed by atoms with Crippen molar-refractivity contribution in [3.63, 3.8) is 0 Å². The molecule has 0 saturated carbocycles. The molecule has 0 fully saturated rings. The quantitative estimate of drug-likeness (QED) is 0.752. The molecule has 1 aromatic carbocycles. The van der Waals surface area contributed by atoms with E-state index in [1.165, 1.54) is 0 Å². The van der Waals surface area contributed by atoms with Gasteiger partial charge >= 0.3 is 0 Å². The van der Waals surface area contributed by atoms with Gasteiger partial charge in [-0.05, 0) is 35.4 Å². The Labute approximate surface area is 131 Å². The van der Waals surface area contributed by atoms with Gasteiger partial charge in [-0.2, -0.15) is 0 Å². The van der Waals surface area contributed by atoms with E-state index in [4.69, 9.17) is 4.74 Å². The van der Waals surface area contributed by atoms with Crippen molar-refractivity contribution in [3.8, 4) is 17.1 Å². The Balaban J connectivity index is 0.00000161. The predicted octanol–water partition coefficient (Wildman–Crippen LogP) is 2.79. The average Bonchev–Trinajstić information content (AvgIpc) is 2.90. The maximum atomic E-state index is 11.5. The number of ether oxygens (including phenoxy) is 1. The topological polar surface area (TPSA) is 73.9 Å². The summed E-state index contributed by atoms with van der Waals surface area (Å²) < 4.78 is 16.9. The second-order valence-electron chi connectivity index (χ2n) is 4.28. The largest absolute Gasteiger partial charge is 0.612 e. The summed E-state index contributed by atoms with van der Waals surface area (Å²) in [6.07, 6.45) is 3.34. The van der Waals surface area contributed by atoms with Crippen molar-refractivity contribution in [2.75, 3.05) is 13.4 Å². The van der Waals surface area contributed by atoms with Crippen LogP contribution in [-0.4, -0.2) is 32.9 Å².